The minimum absolute atomic E-state index is 0.119. The summed E-state index contributed by atoms with van der Waals surface area (Å²) in [5.74, 6) is 0.714. The van der Waals surface area contributed by atoms with Crippen LogP contribution in [-0.4, -0.2) is 19.1 Å². The smallest absolute Gasteiger partial charge is 0.159 e. The molecule has 0 unspecified atom stereocenters. The van der Waals surface area contributed by atoms with Crippen molar-refractivity contribution in [2.45, 2.75) is 19.3 Å². The molecule has 294 valence electrons. The van der Waals surface area contributed by atoms with Crippen LogP contribution in [0.25, 0.3) is 77.7 Å². The number of fused-ring (bicyclic) bond motifs is 8. The summed E-state index contributed by atoms with van der Waals surface area (Å²) in [5.41, 5.74) is 17.7. The Hall–Kier alpha value is -8.02. The van der Waals surface area contributed by atoms with E-state index >= 15 is 0 Å². The molecule has 0 amide bonds. The largest absolute Gasteiger partial charge is 0.316 e. The maximum Gasteiger partial charge on any atom is 0.159 e. The van der Waals surface area contributed by atoms with Gasteiger partial charge in [-0.05, 0) is 137 Å². The van der Waals surface area contributed by atoms with E-state index in [0.717, 1.165) is 39.6 Å². The molecule has 62 heavy (non-hydrogen) atoms. The van der Waals surface area contributed by atoms with Gasteiger partial charge >= 0.3 is 0 Å². The SMILES string of the molecule is CC1(C)c2ccccc2-c2ccc(N(c3ccc(-c4ccc5c(c4)c4ccc6c(ccn6-c6ccccc6)c4n5-c4ccccc4)cc3)c3ccc(-c4ncccn4)cc3)cc21. The van der Waals surface area contributed by atoms with E-state index in [2.05, 4.69) is 232 Å². The van der Waals surface area contributed by atoms with E-state index in [0.29, 0.717) is 5.82 Å². The summed E-state index contributed by atoms with van der Waals surface area (Å²) in [5, 5.41) is 3.68. The van der Waals surface area contributed by atoms with Gasteiger partial charge in [-0.15, -0.1) is 0 Å². The molecule has 3 aromatic heterocycles. The zero-order valence-corrected chi connectivity index (χ0v) is 34.4. The maximum absolute atomic E-state index is 4.50. The zero-order valence-electron chi connectivity index (χ0n) is 34.4. The number of anilines is 3. The van der Waals surface area contributed by atoms with Crippen molar-refractivity contribution in [2.75, 3.05) is 4.90 Å². The van der Waals surface area contributed by atoms with Crippen molar-refractivity contribution >= 4 is 49.8 Å². The molecule has 0 aliphatic heterocycles. The van der Waals surface area contributed by atoms with Crippen LogP contribution >= 0.6 is 0 Å². The number of nitrogens with zero attached hydrogens (tertiary/aromatic N) is 5. The fraction of sp³-hybridized carbons (Fsp3) is 0.0526. The summed E-state index contributed by atoms with van der Waals surface area (Å²) in [6.07, 6.45) is 5.77. The van der Waals surface area contributed by atoms with Crippen LogP contribution < -0.4 is 4.90 Å². The topological polar surface area (TPSA) is 38.9 Å². The number of rotatable bonds is 7. The van der Waals surface area contributed by atoms with Gasteiger partial charge in [0.25, 0.3) is 0 Å². The number of hydrogen-bond donors (Lipinski definition) is 0. The second-order valence-corrected chi connectivity index (χ2v) is 16.7. The molecule has 11 aromatic rings. The van der Waals surface area contributed by atoms with Crippen molar-refractivity contribution < 1.29 is 0 Å². The Morgan fingerprint density at radius 3 is 1.79 bits per heavy atom. The van der Waals surface area contributed by atoms with Gasteiger partial charge in [-0.2, -0.15) is 0 Å². The van der Waals surface area contributed by atoms with Crippen molar-refractivity contribution in [3.05, 3.63) is 224 Å². The lowest BCUT2D eigenvalue weighted by Gasteiger charge is -2.28. The highest BCUT2D eigenvalue weighted by atomic mass is 15.1. The van der Waals surface area contributed by atoms with Gasteiger partial charge in [0.1, 0.15) is 0 Å². The number of aromatic nitrogens is 4. The first-order chi connectivity index (χ1) is 30.5. The lowest BCUT2D eigenvalue weighted by Crippen LogP contribution is -2.16. The molecule has 0 bridgehead atoms. The molecule has 5 heteroatoms. The third kappa shape index (κ3) is 5.62. The molecule has 0 fully saturated rings. The Kier molecular flexibility index (Phi) is 8.12. The summed E-state index contributed by atoms with van der Waals surface area (Å²) >= 11 is 0. The van der Waals surface area contributed by atoms with E-state index < -0.39 is 0 Å². The van der Waals surface area contributed by atoms with Crippen LogP contribution in [0.3, 0.4) is 0 Å². The molecule has 0 saturated heterocycles. The highest BCUT2D eigenvalue weighted by Crippen LogP contribution is 2.51. The van der Waals surface area contributed by atoms with Crippen LogP contribution in [-0.2, 0) is 5.41 Å². The molecular weight excluding hydrogens is 755 g/mol. The van der Waals surface area contributed by atoms with E-state index in [9.17, 15) is 0 Å². The van der Waals surface area contributed by atoms with Gasteiger partial charge in [-0.25, -0.2) is 9.97 Å². The summed E-state index contributed by atoms with van der Waals surface area (Å²) < 4.78 is 4.71. The first-order valence-electron chi connectivity index (χ1n) is 21.2. The summed E-state index contributed by atoms with van der Waals surface area (Å²) in [6, 6.07) is 70.3. The lowest BCUT2D eigenvalue weighted by atomic mass is 9.82. The number of benzene rings is 8. The second-order valence-electron chi connectivity index (χ2n) is 16.7. The lowest BCUT2D eigenvalue weighted by molar-refractivity contribution is 0.660. The van der Waals surface area contributed by atoms with Gasteiger partial charge in [0.15, 0.2) is 5.82 Å². The van der Waals surface area contributed by atoms with Crippen LogP contribution in [0.1, 0.15) is 25.0 Å². The highest BCUT2D eigenvalue weighted by molar-refractivity contribution is 6.19. The molecule has 0 N–H and O–H groups in total. The van der Waals surface area contributed by atoms with E-state index in [1.165, 1.54) is 60.5 Å². The molecule has 0 saturated carbocycles. The third-order valence-electron chi connectivity index (χ3n) is 12.9. The molecule has 0 spiro atoms. The fourth-order valence-corrected chi connectivity index (χ4v) is 9.85. The van der Waals surface area contributed by atoms with Gasteiger partial charge in [0.05, 0.1) is 16.6 Å². The maximum atomic E-state index is 4.50. The van der Waals surface area contributed by atoms with Gasteiger partial charge in [0, 0.05) is 74.2 Å². The van der Waals surface area contributed by atoms with Gasteiger partial charge < -0.3 is 14.0 Å². The van der Waals surface area contributed by atoms with Crippen LogP contribution in [0.4, 0.5) is 17.1 Å². The number of para-hydroxylation sites is 2. The van der Waals surface area contributed by atoms with E-state index in [-0.39, 0.29) is 5.41 Å². The zero-order chi connectivity index (χ0) is 41.4. The molecule has 3 heterocycles. The predicted octanol–water partition coefficient (Wildman–Crippen LogP) is 14.6. The highest BCUT2D eigenvalue weighted by Gasteiger charge is 2.35. The van der Waals surface area contributed by atoms with Crippen LogP contribution in [0.2, 0.25) is 0 Å². The summed E-state index contributed by atoms with van der Waals surface area (Å²) in [4.78, 5) is 11.4. The van der Waals surface area contributed by atoms with Crippen LogP contribution in [0.15, 0.2) is 213 Å². The Labute approximate surface area is 360 Å². The normalized spacial score (nSPS) is 12.8. The standard InChI is InChI=1S/C57H41N5/c1-57(2)51-17-10-9-16-46(51)47-28-27-45(37-52(47)57)61(44-25-20-39(21-26-44)56-58-33-11-34-59-56)43-23-18-38(19-24-43)40-22-30-54-50(36-40)48-29-31-53-49(32-35-60(53)41-12-5-3-6-13-41)55(48)62(54)42-14-7-4-8-15-42/h3-37H,1-2H3. The fourth-order valence-electron chi connectivity index (χ4n) is 9.85. The number of hydrogen-bond acceptors (Lipinski definition) is 3. The minimum Gasteiger partial charge on any atom is -0.316 e. The van der Waals surface area contributed by atoms with Gasteiger partial charge in [0.2, 0.25) is 0 Å². The quantitative estimate of drug-likeness (QED) is 0.161. The van der Waals surface area contributed by atoms with Crippen LogP contribution in [0, 0.1) is 0 Å². The van der Waals surface area contributed by atoms with Gasteiger partial charge in [-0.1, -0.05) is 105 Å². The first kappa shape index (κ1) is 35.9. The van der Waals surface area contributed by atoms with Crippen molar-refractivity contribution in [2.24, 2.45) is 0 Å². The molecule has 0 radical (unpaired) electrons. The third-order valence-corrected chi connectivity index (χ3v) is 12.9. The molecule has 1 aliphatic rings. The Morgan fingerprint density at radius 2 is 1.05 bits per heavy atom. The average molecular weight is 796 g/mol. The summed E-state index contributed by atoms with van der Waals surface area (Å²) in [7, 11) is 0. The monoisotopic (exact) mass is 795 g/mol. The molecule has 8 aromatic carbocycles. The minimum atomic E-state index is -0.119. The molecule has 5 nitrogen and oxygen atoms in total. The van der Waals surface area contributed by atoms with E-state index in [1.54, 1.807) is 12.4 Å². The van der Waals surface area contributed by atoms with Gasteiger partial charge in [-0.3, -0.25) is 0 Å². The first-order valence-corrected chi connectivity index (χ1v) is 21.2. The Balaban J connectivity index is 0.972. The molecular formula is C57H41N5. The molecule has 12 rings (SSSR count). The summed E-state index contributed by atoms with van der Waals surface area (Å²) in [6.45, 7) is 4.68. The Bertz CT molecular complexity index is 3460. The van der Waals surface area contributed by atoms with Crippen molar-refractivity contribution in [3.8, 4) is 45.0 Å². The second kappa shape index (κ2) is 14.0. The Morgan fingerprint density at radius 1 is 0.435 bits per heavy atom. The molecule has 1 aliphatic carbocycles. The van der Waals surface area contributed by atoms with Crippen molar-refractivity contribution in [3.63, 3.8) is 0 Å². The van der Waals surface area contributed by atoms with Crippen molar-refractivity contribution in [1.29, 1.82) is 0 Å². The van der Waals surface area contributed by atoms with Crippen molar-refractivity contribution in [1.82, 2.24) is 19.1 Å². The van der Waals surface area contributed by atoms with E-state index in [4.69, 9.17) is 0 Å². The predicted molar refractivity (Wildman–Crippen MR) is 256 cm³/mol. The van der Waals surface area contributed by atoms with E-state index in [1.807, 2.05) is 6.07 Å². The average Bonchev–Trinajstić information content (AvgIpc) is 3.99. The van der Waals surface area contributed by atoms with Crippen LogP contribution in [0.5, 0.6) is 0 Å². The molecule has 0 atom stereocenters.